The molecule has 1 aromatic carbocycles. The number of amides is 1. The predicted molar refractivity (Wildman–Crippen MR) is 98.6 cm³/mol. The lowest BCUT2D eigenvalue weighted by Gasteiger charge is -2.20. The lowest BCUT2D eigenvalue weighted by molar-refractivity contribution is -0.274. The van der Waals surface area contributed by atoms with Crippen molar-refractivity contribution in [1.82, 2.24) is 10.6 Å². The number of fused-ring (bicyclic) bond motifs is 1. The van der Waals surface area contributed by atoms with Crippen LogP contribution in [0.2, 0.25) is 0 Å². The first kappa shape index (κ1) is 21.4. The number of para-hydroxylation sites is 1. The molecule has 2 aliphatic heterocycles. The Hall–Kier alpha value is -1.88. The van der Waals surface area contributed by atoms with Gasteiger partial charge in [0.05, 0.1) is 24.7 Å². The van der Waals surface area contributed by atoms with Crippen molar-refractivity contribution < 1.29 is 37.3 Å². The first-order valence-electron chi connectivity index (χ1n) is 10.1. The Kier molecular flexibility index (Phi) is 6.19. The van der Waals surface area contributed by atoms with Crippen LogP contribution in [-0.4, -0.2) is 60.5 Å². The Morgan fingerprint density at radius 2 is 2.00 bits per heavy atom. The molecular formula is C20H25F3N2O5. The van der Waals surface area contributed by atoms with E-state index in [9.17, 15) is 23.1 Å². The van der Waals surface area contributed by atoms with Gasteiger partial charge in [0.25, 0.3) is 0 Å². The monoisotopic (exact) mass is 430 g/mol. The zero-order valence-electron chi connectivity index (χ0n) is 16.2. The number of nitrogens with one attached hydrogen (secondary N) is 2. The predicted octanol–water partition coefficient (Wildman–Crippen LogP) is 1.63. The van der Waals surface area contributed by atoms with Crippen molar-refractivity contribution in [3.8, 4) is 5.75 Å². The molecule has 10 heteroatoms. The average molecular weight is 430 g/mol. The summed E-state index contributed by atoms with van der Waals surface area (Å²) in [5.41, 5.74) is 0.348. The summed E-state index contributed by atoms with van der Waals surface area (Å²) in [4.78, 5) is 11.9. The molecule has 0 radical (unpaired) electrons. The van der Waals surface area contributed by atoms with Gasteiger partial charge in [0.15, 0.2) is 0 Å². The molecule has 5 unspecified atom stereocenters. The fourth-order valence-electron chi connectivity index (χ4n) is 3.95. The molecular weight excluding hydrogens is 405 g/mol. The van der Waals surface area contributed by atoms with Crippen molar-refractivity contribution >= 4 is 5.91 Å². The van der Waals surface area contributed by atoms with Gasteiger partial charge in [-0.1, -0.05) is 18.2 Å². The third-order valence-corrected chi connectivity index (χ3v) is 5.49. The van der Waals surface area contributed by atoms with Gasteiger partial charge in [-0.15, -0.1) is 13.2 Å². The smallest absolute Gasteiger partial charge is 0.405 e. The highest BCUT2D eigenvalue weighted by Gasteiger charge is 2.50. The van der Waals surface area contributed by atoms with Crippen LogP contribution in [0.15, 0.2) is 24.3 Å². The van der Waals surface area contributed by atoms with E-state index >= 15 is 0 Å². The summed E-state index contributed by atoms with van der Waals surface area (Å²) >= 11 is 0. The Balaban J connectivity index is 1.23. The molecule has 166 valence electrons. The summed E-state index contributed by atoms with van der Waals surface area (Å²) in [6, 6.07) is 6.17. The second-order valence-electron chi connectivity index (χ2n) is 7.99. The minimum Gasteiger partial charge on any atom is -0.405 e. The molecule has 5 atom stereocenters. The molecule has 1 saturated carbocycles. The third kappa shape index (κ3) is 5.42. The van der Waals surface area contributed by atoms with Crippen molar-refractivity contribution in [3.63, 3.8) is 0 Å². The molecule has 3 N–H and O–H groups in total. The zero-order chi connectivity index (χ0) is 21.3. The Bertz CT molecular complexity index is 758. The molecule has 2 heterocycles. The molecule has 7 nitrogen and oxygen atoms in total. The van der Waals surface area contributed by atoms with Crippen molar-refractivity contribution in [2.24, 2.45) is 0 Å². The topological polar surface area (TPSA) is 89.1 Å². The molecule has 0 bridgehead atoms. The Labute approximate surface area is 171 Å². The van der Waals surface area contributed by atoms with E-state index in [4.69, 9.17) is 9.47 Å². The van der Waals surface area contributed by atoms with E-state index in [-0.39, 0.29) is 43.4 Å². The normalized spacial score (nSPS) is 30.9. The molecule has 0 aromatic heterocycles. The van der Waals surface area contributed by atoms with Gasteiger partial charge in [0.1, 0.15) is 18.0 Å². The quantitative estimate of drug-likeness (QED) is 0.581. The second kappa shape index (κ2) is 8.70. The summed E-state index contributed by atoms with van der Waals surface area (Å²) in [7, 11) is 0. The second-order valence-corrected chi connectivity index (χ2v) is 7.99. The summed E-state index contributed by atoms with van der Waals surface area (Å²) in [6.45, 7) is 0.365. The number of rotatable bonds is 8. The lowest BCUT2D eigenvalue weighted by atomic mass is 10.1. The highest BCUT2D eigenvalue weighted by Crippen LogP contribution is 2.35. The molecule has 3 fully saturated rings. The molecule has 0 spiro atoms. The van der Waals surface area contributed by atoms with Crippen LogP contribution in [-0.2, 0) is 20.8 Å². The van der Waals surface area contributed by atoms with Crippen LogP contribution in [0.1, 0.15) is 31.2 Å². The number of ether oxygens (including phenoxy) is 3. The molecule has 30 heavy (non-hydrogen) atoms. The van der Waals surface area contributed by atoms with Crippen LogP contribution in [0, 0.1) is 0 Å². The van der Waals surface area contributed by atoms with Crippen molar-refractivity contribution in [2.45, 2.75) is 75.2 Å². The van der Waals surface area contributed by atoms with Crippen molar-refractivity contribution in [3.05, 3.63) is 29.8 Å². The maximum atomic E-state index is 12.5. The number of hydrogen-bond acceptors (Lipinski definition) is 6. The molecule has 1 aromatic rings. The molecule has 3 aliphatic rings. The van der Waals surface area contributed by atoms with Crippen LogP contribution >= 0.6 is 0 Å². The summed E-state index contributed by atoms with van der Waals surface area (Å²) in [5.74, 6) is -0.312. The Morgan fingerprint density at radius 1 is 1.23 bits per heavy atom. The number of carbonyl (C=O) groups excluding carboxylic acids is 1. The van der Waals surface area contributed by atoms with E-state index in [1.807, 2.05) is 0 Å². The maximum Gasteiger partial charge on any atom is 0.573 e. The summed E-state index contributed by atoms with van der Waals surface area (Å²) in [6.07, 6.45) is -4.45. The number of carbonyl (C=O) groups is 1. The number of aliphatic hydroxyl groups excluding tert-OH is 1. The molecule has 2 saturated heterocycles. The highest BCUT2D eigenvalue weighted by atomic mass is 19.4. The van der Waals surface area contributed by atoms with Crippen LogP contribution < -0.4 is 15.4 Å². The largest absolute Gasteiger partial charge is 0.573 e. The first-order valence-corrected chi connectivity index (χ1v) is 10.1. The van der Waals surface area contributed by atoms with Gasteiger partial charge in [-0.2, -0.15) is 0 Å². The summed E-state index contributed by atoms with van der Waals surface area (Å²) < 4.78 is 53.3. The van der Waals surface area contributed by atoms with Gasteiger partial charge in [-0.05, 0) is 18.9 Å². The van der Waals surface area contributed by atoms with E-state index in [2.05, 4.69) is 15.4 Å². The van der Waals surface area contributed by atoms with Gasteiger partial charge in [-0.3, -0.25) is 4.79 Å². The number of alkyl halides is 3. The van der Waals surface area contributed by atoms with E-state index < -0.39 is 24.7 Å². The standard InChI is InChI=1S/C20H25F3N2O5/c21-20(22,23)30-14-4-2-1-3-11(14)9-24-10-16-18(27)19-15(29-16)7-13(28-19)8-17(26)25-12-5-6-12/h1-4,12-13,15-16,18-19,24,27H,5-10H2,(H,25,26). The lowest BCUT2D eigenvalue weighted by Crippen LogP contribution is -2.39. The molecule has 4 rings (SSSR count). The van der Waals surface area contributed by atoms with E-state index in [0.717, 1.165) is 12.8 Å². The van der Waals surface area contributed by atoms with Crippen molar-refractivity contribution in [1.29, 1.82) is 0 Å². The van der Waals surface area contributed by atoms with Crippen molar-refractivity contribution in [2.75, 3.05) is 6.54 Å². The number of benzene rings is 1. The van der Waals surface area contributed by atoms with Crippen LogP contribution in [0.4, 0.5) is 13.2 Å². The van der Waals surface area contributed by atoms with E-state index in [0.29, 0.717) is 18.0 Å². The third-order valence-electron chi connectivity index (χ3n) is 5.49. The summed E-state index contributed by atoms with van der Waals surface area (Å²) in [5, 5.41) is 16.4. The molecule has 1 amide bonds. The van der Waals surface area contributed by atoms with Crippen LogP contribution in [0.25, 0.3) is 0 Å². The SMILES string of the molecule is O=C(CC1CC2OC(CNCc3ccccc3OC(F)(F)F)C(O)C2O1)NC1CC1. The number of aliphatic hydroxyl groups is 1. The highest BCUT2D eigenvalue weighted by molar-refractivity contribution is 5.77. The molecule has 1 aliphatic carbocycles. The Morgan fingerprint density at radius 3 is 2.70 bits per heavy atom. The van der Waals surface area contributed by atoms with E-state index in [1.165, 1.54) is 18.2 Å². The van der Waals surface area contributed by atoms with Gasteiger partial charge in [0.2, 0.25) is 5.91 Å². The fourth-order valence-corrected chi connectivity index (χ4v) is 3.95. The first-order chi connectivity index (χ1) is 14.3. The number of halogens is 3. The van der Waals surface area contributed by atoms with Crippen LogP contribution in [0.3, 0.4) is 0 Å². The number of hydrogen-bond donors (Lipinski definition) is 3. The van der Waals surface area contributed by atoms with Gasteiger partial charge in [-0.25, -0.2) is 0 Å². The van der Waals surface area contributed by atoms with Crippen LogP contribution in [0.5, 0.6) is 5.75 Å². The van der Waals surface area contributed by atoms with Gasteiger partial charge >= 0.3 is 6.36 Å². The minimum absolute atomic E-state index is 0.0464. The van der Waals surface area contributed by atoms with Gasteiger partial charge in [0, 0.05) is 31.1 Å². The zero-order valence-corrected chi connectivity index (χ0v) is 16.2. The maximum absolute atomic E-state index is 12.5. The average Bonchev–Trinajstić information content (AvgIpc) is 3.31. The van der Waals surface area contributed by atoms with Gasteiger partial charge < -0.3 is 30.0 Å². The van der Waals surface area contributed by atoms with E-state index in [1.54, 1.807) is 6.07 Å². The fraction of sp³-hybridized carbons (Fsp3) is 0.650. The minimum atomic E-state index is -4.76.